The summed E-state index contributed by atoms with van der Waals surface area (Å²) >= 11 is 0. The molecule has 0 N–H and O–H groups in total. The van der Waals surface area contributed by atoms with Crippen molar-refractivity contribution >= 4 is 19.2 Å². The van der Waals surface area contributed by atoms with E-state index in [1.54, 1.807) is 0 Å². The molecular formula is C16H14F5NO3Si. The Hall–Kier alpha value is -2.33. The minimum absolute atomic E-state index is 0.165. The van der Waals surface area contributed by atoms with Crippen molar-refractivity contribution in [1.82, 2.24) is 0 Å². The van der Waals surface area contributed by atoms with Gasteiger partial charge in [0.05, 0.1) is 11.5 Å². The van der Waals surface area contributed by atoms with Crippen LogP contribution in [0.25, 0.3) is 0 Å². The fourth-order valence-corrected chi connectivity index (χ4v) is 4.43. The van der Waals surface area contributed by atoms with Gasteiger partial charge in [-0.3, -0.25) is 10.1 Å². The van der Waals surface area contributed by atoms with Gasteiger partial charge in [0.1, 0.15) is 0 Å². The van der Waals surface area contributed by atoms with Crippen LogP contribution in [0.2, 0.25) is 13.1 Å². The Bertz CT molecular complexity index is 860. The minimum Gasteiger partial charge on any atom is -0.408 e. The molecule has 0 saturated heterocycles. The van der Waals surface area contributed by atoms with Crippen molar-refractivity contribution in [3.05, 3.63) is 68.5 Å². The summed E-state index contributed by atoms with van der Waals surface area (Å²) < 4.78 is 73.6. The SMILES string of the molecule is Cc1c(CO[Si](C)(C)c2c(F)c(F)c(F)c(F)c2F)cccc1[N+](=O)[O-]. The van der Waals surface area contributed by atoms with Gasteiger partial charge in [-0.1, -0.05) is 12.1 Å². The van der Waals surface area contributed by atoms with Crippen molar-refractivity contribution in [3.8, 4) is 0 Å². The third-order valence-electron chi connectivity index (χ3n) is 4.01. The molecule has 0 amide bonds. The highest BCUT2D eigenvalue weighted by Crippen LogP contribution is 2.24. The summed E-state index contributed by atoms with van der Waals surface area (Å²) in [5, 5.41) is 9.97. The summed E-state index contributed by atoms with van der Waals surface area (Å²) in [6.07, 6.45) is 0. The standard InChI is InChI=1S/C16H14F5NO3Si/c1-8-9(5-4-6-10(8)22(23)24)7-25-26(2,3)16-14(20)12(18)11(17)13(19)15(16)21/h4-6H,7H2,1-3H3. The van der Waals surface area contributed by atoms with Crippen LogP contribution < -0.4 is 5.19 Å². The van der Waals surface area contributed by atoms with E-state index in [1.165, 1.54) is 38.2 Å². The molecule has 0 aliphatic rings. The highest BCUT2D eigenvalue weighted by atomic mass is 28.4. The molecule has 0 radical (unpaired) electrons. The summed E-state index contributed by atoms with van der Waals surface area (Å²) in [5.74, 6) is -10.1. The molecule has 2 aromatic rings. The maximum absolute atomic E-state index is 14.0. The van der Waals surface area contributed by atoms with E-state index in [2.05, 4.69) is 0 Å². The quantitative estimate of drug-likeness (QED) is 0.191. The van der Waals surface area contributed by atoms with Crippen molar-refractivity contribution in [2.24, 2.45) is 0 Å². The van der Waals surface area contributed by atoms with Gasteiger partial charge in [0.15, 0.2) is 23.3 Å². The van der Waals surface area contributed by atoms with E-state index in [0.717, 1.165) is 0 Å². The van der Waals surface area contributed by atoms with Crippen LogP contribution in [0.15, 0.2) is 18.2 Å². The summed E-state index contributed by atoms with van der Waals surface area (Å²) in [5.41, 5.74) is 0.505. The van der Waals surface area contributed by atoms with Gasteiger partial charge in [-0.05, 0) is 25.6 Å². The van der Waals surface area contributed by atoms with Gasteiger partial charge in [-0.2, -0.15) is 0 Å². The zero-order chi connectivity index (χ0) is 19.8. The van der Waals surface area contributed by atoms with Crippen molar-refractivity contribution in [1.29, 1.82) is 0 Å². The number of nitrogens with zero attached hydrogens (tertiary/aromatic N) is 1. The molecule has 0 unspecified atom stereocenters. The average molecular weight is 391 g/mol. The Balaban J connectivity index is 2.40. The van der Waals surface area contributed by atoms with Crippen LogP contribution >= 0.6 is 0 Å². The fraction of sp³-hybridized carbons (Fsp3) is 0.250. The smallest absolute Gasteiger partial charge is 0.272 e. The van der Waals surface area contributed by atoms with Crippen LogP contribution in [0.3, 0.4) is 0 Å². The molecule has 10 heteroatoms. The van der Waals surface area contributed by atoms with Gasteiger partial charge in [0.2, 0.25) is 14.1 Å². The molecular weight excluding hydrogens is 377 g/mol. The Labute approximate surface area is 146 Å². The molecule has 0 bridgehead atoms. The van der Waals surface area contributed by atoms with E-state index >= 15 is 0 Å². The molecule has 140 valence electrons. The Morgan fingerprint density at radius 3 is 2.00 bits per heavy atom. The number of hydrogen-bond acceptors (Lipinski definition) is 3. The van der Waals surface area contributed by atoms with E-state index in [1.807, 2.05) is 0 Å². The first-order valence-corrected chi connectivity index (χ1v) is 10.3. The monoisotopic (exact) mass is 391 g/mol. The zero-order valence-electron chi connectivity index (χ0n) is 14.0. The lowest BCUT2D eigenvalue weighted by Crippen LogP contribution is -2.49. The van der Waals surface area contributed by atoms with Crippen LogP contribution in [0.4, 0.5) is 27.6 Å². The lowest BCUT2D eigenvalue weighted by Gasteiger charge is -2.25. The summed E-state index contributed by atoms with van der Waals surface area (Å²) in [4.78, 5) is 10.4. The molecule has 26 heavy (non-hydrogen) atoms. The van der Waals surface area contributed by atoms with Crippen molar-refractivity contribution in [3.63, 3.8) is 0 Å². The molecule has 0 aliphatic heterocycles. The molecule has 0 aromatic heterocycles. The topological polar surface area (TPSA) is 52.4 Å². The van der Waals surface area contributed by atoms with E-state index < -0.39 is 47.5 Å². The van der Waals surface area contributed by atoms with Crippen LogP contribution in [-0.2, 0) is 11.0 Å². The van der Waals surface area contributed by atoms with E-state index in [4.69, 9.17) is 4.43 Å². The van der Waals surface area contributed by atoms with Crippen LogP contribution in [0.1, 0.15) is 11.1 Å². The molecule has 4 nitrogen and oxygen atoms in total. The second kappa shape index (κ2) is 7.12. The number of rotatable bonds is 5. The molecule has 0 saturated carbocycles. The predicted molar refractivity (Wildman–Crippen MR) is 86.0 cm³/mol. The first-order chi connectivity index (χ1) is 12.0. The van der Waals surface area contributed by atoms with Crippen LogP contribution in [0, 0.1) is 46.1 Å². The summed E-state index contributed by atoms with van der Waals surface area (Å²) in [6, 6.07) is 4.22. The lowest BCUT2D eigenvalue weighted by atomic mass is 10.1. The molecule has 0 fully saturated rings. The first kappa shape index (κ1) is 20.0. The number of nitro groups is 1. The van der Waals surface area contributed by atoms with Gasteiger partial charge in [0.25, 0.3) is 5.69 Å². The zero-order valence-corrected chi connectivity index (χ0v) is 15.0. The summed E-state index contributed by atoms with van der Waals surface area (Å²) in [7, 11) is -3.57. The fourth-order valence-electron chi connectivity index (χ4n) is 2.49. The highest BCUT2D eigenvalue weighted by molar-refractivity contribution is 6.84. The average Bonchev–Trinajstić information content (AvgIpc) is 2.57. The molecule has 2 rings (SSSR count). The third-order valence-corrected chi connectivity index (χ3v) is 6.52. The second-order valence-corrected chi connectivity index (χ2v) is 9.87. The Morgan fingerprint density at radius 1 is 1.00 bits per heavy atom. The largest absolute Gasteiger partial charge is 0.408 e. The molecule has 0 aliphatic carbocycles. The third kappa shape index (κ3) is 3.47. The normalized spacial score (nSPS) is 11.7. The van der Waals surface area contributed by atoms with Crippen LogP contribution in [0.5, 0.6) is 0 Å². The van der Waals surface area contributed by atoms with Gasteiger partial charge < -0.3 is 4.43 Å². The van der Waals surface area contributed by atoms with Gasteiger partial charge in [-0.25, -0.2) is 22.0 Å². The highest BCUT2D eigenvalue weighted by Gasteiger charge is 2.38. The molecule has 0 atom stereocenters. The van der Waals surface area contributed by atoms with E-state index in [0.29, 0.717) is 11.1 Å². The molecule has 0 heterocycles. The van der Waals surface area contributed by atoms with Gasteiger partial charge in [-0.15, -0.1) is 0 Å². The number of benzene rings is 2. The minimum atomic E-state index is -3.57. The Kier molecular flexibility index (Phi) is 5.47. The predicted octanol–water partition coefficient (Wildman–Crippen LogP) is 4.23. The van der Waals surface area contributed by atoms with Gasteiger partial charge >= 0.3 is 0 Å². The maximum Gasteiger partial charge on any atom is 0.272 e. The van der Waals surface area contributed by atoms with Crippen molar-refractivity contribution < 1.29 is 31.3 Å². The van der Waals surface area contributed by atoms with Crippen LogP contribution in [-0.4, -0.2) is 13.2 Å². The molecule has 0 spiro atoms. The van der Waals surface area contributed by atoms with E-state index in [9.17, 15) is 32.1 Å². The molecule has 2 aromatic carbocycles. The van der Waals surface area contributed by atoms with Crippen molar-refractivity contribution in [2.75, 3.05) is 0 Å². The number of halogens is 5. The van der Waals surface area contributed by atoms with Gasteiger partial charge in [0, 0.05) is 16.8 Å². The van der Waals surface area contributed by atoms with E-state index in [-0.39, 0.29) is 12.3 Å². The first-order valence-electron chi connectivity index (χ1n) is 7.37. The lowest BCUT2D eigenvalue weighted by molar-refractivity contribution is -0.385. The Morgan fingerprint density at radius 2 is 1.50 bits per heavy atom. The van der Waals surface area contributed by atoms with Crippen molar-refractivity contribution in [2.45, 2.75) is 26.6 Å². The number of nitro benzene ring substituents is 1. The summed E-state index contributed by atoms with van der Waals surface area (Å²) in [6.45, 7) is 3.76. The number of hydrogen-bond donors (Lipinski definition) is 0. The second-order valence-electron chi connectivity index (χ2n) is 6.06. The maximum atomic E-state index is 14.0.